The molecule has 0 saturated heterocycles. The number of nitrogen functional groups attached to an aromatic ring is 1. The van der Waals surface area contributed by atoms with Gasteiger partial charge in [-0.1, -0.05) is 12.2 Å². The highest BCUT2D eigenvalue weighted by molar-refractivity contribution is 5.95. The van der Waals surface area contributed by atoms with Gasteiger partial charge in [0.15, 0.2) is 0 Å². The fourth-order valence-corrected chi connectivity index (χ4v) is 2.07. The summed E-state index contributed by atoms with van der Waals surface area (Å²) in [6.07, 6.45) is 7.49. The number of benzene rings is 1. The average Bonchev–Trinajstić information content (AvgIpc) is 2.40. The van der Waals surface area contributed by atoms with Crippen molar-refractivity contribution in [3.8, 4) is 0 Å². The summed E-state index contributed by atoms with van der Waals surface area (Å²) in [5.41, 5.74) is 5.84. The topological polar surface area (TPSA) is 55.1 Å². The standard InChI is InChI=1S/C14H17FN2O/c15-12-7-6-11(8-13(12)16)14(18)17-9-10-4-2-1-3-5-10/h1-2,6-8,10H,3-5,9,16H2,(H,17,18). The quantitative estimate of drug-likeness (QED) is 0.638. The van der Waals surface area contributed by atoms with E-state index in [4.69, 9.17) is 5.73 Å². The minimum absolute atomic E-state index is 0.00301. The monoisotopic (exact) mass is 248 g/mol. The van der Waals surface area contributed by atoms with Crippen LogP contribution in [0.4, 0.5) is 10.1 Å². The van der Waals surface area contributed by atoms with Gasteiger partial charge in [-0.3, -0.25) is 4.79 Å². The van der Waals surface area contributed by atoms with E-state index in [0.717, 1.165) is 19.3 Å². The predicted octanol–water partition coefficient (Wildman–Crippen LogP) is 2.49. The molecule has 1 atom stereocenters. The molecule has 1 aromatic rings. The Kier molecular flexibility index (Phi) is 3.97. The smallest absolute Gasteiger partial charge is 0.251 e. The van der Waals surface area contributed by atoms with E-state index < -0.39 is 5.82 Å². The van der Waals surface area contributed by atoms with Gasteiger partial charge < -0.3 is 11.1 Å². The lowest BCUT2D eigenvalue weighted by Gasteiger charge is -2.18. The van der Waals surface area contributed by atoms with Crippen LogP contribution >= 0.6 is 0 Å². The number of hydrogen-bond donors (Lipinski definition) is 2. The maximum atomic E-state index is 13.0. The summed E-state index contributed by atoms with van der Waals surface area (Å²) in [7, 11) is 0. The number of amides is 1. The van der Waals surface area contributed by atoms with Gasteiger partial charge in [-0.2, -0.15) is 0 Å². The Labute approximate surface area is 106 Å². The maximum absolute atomic E-state index is 13.0. The number of carbonyl (C=O) groups excluding carboxylic acids is 1. The van der Waals surface area contributed by atoms with Crippen molar-refractivity contribution in [2.24, 2.45) is 5.92 Å². The number of hydrogen-bond acceptors (Lipinski definition) is 2. The Hall–Kier alpha value is -1.84. The predicted molar refractivity (Wildman–Crippen MR) is 69.6 cm³/mol. The SMILES string of the molecule is Nc1cc(C(=O)NCC2CC=CCC2)ccc1F. The van der Waals surface area contributed by atoms with E-state index in [0.29, 0.717) is 18.0 Å². The molecule has 1 amide bonds. The van der Waals surface area contributed by atoms with Crippen molar-refractivity contribution in [1.82, 2.24) is 5.32 Å². The summed E-state index contributed by atoms with van der Waals surface area (Å²) in [6.45, 7) is 0.653. The molecule has 0 spiro atoms. The molecular formula is C14H17FN2O. The first-order chi connectivity index (χ1) is 8.66. The largest absolute Gasteiger partial charge is 0.396 e. The van der Waals surface area contributed by atoms with Crippen LogP contribution < -0.4 is 11.1 Å². The summed E-state index contributed by atoms with van der Waals surface area (Å²) in [5, 5.41) is 2.86. The van der Waals surface area contributed by atoms with Crippen molar-refractivity contribution in [1.29, 1.82) is 0 Å². The van der Waals surface area contributed by atoms with E-state index in [2.05, 4.69) is 17.5 Å². The average molecular weight is 248 g/mol. The fourth-order valence-electron chi connectivity index (χ4n) is 2.07. The summed E-state index contributed by atoms with van der Waals surface area (Å²) < 4.78 is 13.0. The molecule has 0 saturated carbocycles. The van der Waals surface area contributed by atoms with Crippen LogP contribution in [0.3, 0.4) is 0 Å². The normalized spacial score (nSPS) is 18.6. The molecule has 3 nitrogen and oxygen atoms in total. The van der Waals surface area contributed by atoms with Crippen LogP contribution in [-0.4, -0.2) is 12.5 Å². The lowest BCUT2D eigenvalue weighted by atomic mass is 9.94. The number of allylic oxidation sites excluding steroid dienone is 2. The lowest BCUT2D eigenvalue weighted by Crippen LogP contribution is -2.29. The van der Waals surface area contributed by atoms with Crippen molar-refractivity contribution in [2.75, 3.05) is 12.3 Å². The van der Waals surface area contributed by atoms with Gasteiger partial charge in [0.05, 0.1) is 5.69 Å². The first-order valence-electron chi connectivity index (χ1n) is 6.15. The van der Waals surface area contributed by atoms with Crippen molar-refractivity contribution >= 4 is 11.6 Å². The first-order valence-corrected chi connectivity index (χ1v) is 6.15. The van der Waals surface area contributed by atoms with Crippen LogP contribution in [0.1, 0.15) is 29.6 Å². The minimum Gasteiger partial charge on any atom is -0.396 e. The molecule has 1 aromatic carbocycles. The Balaban J connectivity index is 1.91. The van der Waals surface area contributed by atoms with Crippen molar-refractivity contribution in [3.63, 3.8) is 0 Å². The second-order valence-electron chi connectivity index (χ2n) is 4.60. The van der Waals surface area contributed by atoms with Gasteiger partial charge in [0, 0.05) is 12.1 Å². The van der Waals surface area contributed by atoms with Crippen molar-refractivity contribution in [2.45, 2.75) is 19.3 Å². The van der Waals surface area contributed by atoms with Crippen molar-refractivity contribution in [3.05, 3.63) is 41.7 Å². The van der Waals surface area contributed by atoms with Crippen LogP contribution in [0.15, 0.2) is 30.4 Å². The Bertz CT molecular complexity index is 471. The fraction of sp³-hybridized carbons (Fsp3) is 0.357. The molecule has 1 aliphatic carbocycles. The van der Waals surface area contributed by atoms with Crippen LogP contribution in [0, 0.1) is 11.7 Å². The van der Waals surface area contributed by atoms with E-state index in [1.165, 1.54) is 18.2 Å². The van der Waals surface area contributed by atoms with Crippen LogP contribution in [0.2, 0.25) is 0 Å². The van der Waals surface area contributed by atoms with Gasteiger partial charge in [0.1, 0.15) is 5.82 Å². The third-order valence-electron chi connectivity index (χ3n) is 3.19. The Morgan fingerprint density at radius 2 is 2.28 bits per heavy atom. The van der Waals surface area contributed by atoms with Crippen LogP contribution in [-0.2, 0) is 0 Å². The van der Waals surface area contributed by atoms with E-state index in [1.54, 1.807) is 0 Å². The highest BCUT2D eigenvalue weighted by Crippen LogP contribution is 2.17. The van der Waals surface area contributed by atoms with Gasteiger partial charge in [0.25, 0.3) is 5.91 Å². The number of nitrogens with two attached hydrogens (primary N) is 1. The molecule has 3 N–H and O–H groups in total. The number of rotatable bonds is 3. The summed E-state index contributed by atoms with van der Waals surface area (Å²) in [5.74, 6) is -0.197. The van der Waals surface area contributed by atoms with E-state index >= 15 is 0 Å². The molecule has 1 unspecified atom stereocenters. The second-order valence-corrected chi connectivity index (χ2v) is 4.60. The van der Waals surface area contributed by atoms with Gasteiger partial charge >= 0.3 is 0 Å². The molecule has 96 valence electrons. The molecule has 1 aliphatic rings. The second kappa shape index (κ2) is 5.67. The molecule has 0 heterocycles. The van der Waals surface area contributed by atoms with Crippen LogP contribution in [0.25, 0.3) is 0 Å². The summed E-state index contributed by atoms with van der Waals surface area (Å²) in [6, 6.07) is 4.03. The molecule has 0 radical (unpaired) electrons. The zero-order chi connectivity index (χ0) is 13.0. The van der Waals surface area contributed by atoms with Crippen LogP contribution in [0.5, 0.6) is 0 Å². The lowest BCUT2D eigenvalue weighted by molar-refractivity contribution is 0.0946. The molecule has 0 aromatic heterocycles. The number of halogens is 1. The highest BCUT2D eigenvalue weighted by atomic mass is 19.1. The molecule has 0 fully saturated rings. The third kappa shape index (κ3) is 3.09. The first kappa shape index (κ1) is 12.6. The molecular weight excluding hydrogens is 231 g/mol. The zero-order valence-electron chi connectivity index (χ0n) is 10.2. The Morgan fingerprint density at radius 1 is 1.44 bits per heavy atom. The van der Waals surface area contributed by atoms with E-state index in [-0.39, 0.29) is 11.6 Å². The molecule has 0 aliphatic heterocycles. The maximum Gasteiger partial charge on any atom is 0.251 e. The van der Waals surface area contributed by atoms with Crippen molar-refractivity contribution < 1.29 is 9.18 Å². The zero-order valence-corrected chi connectivity index (χ0v) is 10.2. The number of nitrogens with one attached hydrogen (secondary N) is 1. The van der Waals surface area contributed by atoms with E-state index in [9.17, 15) is 9.18 Å². The highest BCUT2D eigenvalue weighted by Gasteiger charge is 2.13. The minimum atomic E-state index is -0.496. The Morgan fingerprint density at radius 3 is 2.94 bits per heavy atom. The number of anilines is 1. The molecule has 18 heavy (non-hydrogen) atoms. The van der Waals surface area contributed by atoms with Gasteiger partial charge in [-0.25, -0.2) is 4.39 Å². The summed E-state index contributed by atoms with van der Waals surface area (Å²) >= 11 is 0. The summed E-state index contributed by atoms with van der Waals surface area (Å²) in [4.78, 5) is 11.8. The molecule has 0 bridgehead atoms. The van der Waals surface area contributed by atoms with Gasteiger partial charge in [0.2, 0.25) is 0 Å². The molecule has 4 heteroatoms. The van der Waals surface area contributed by atoms with Gasteiger partial charge in [-0.05, 0) is 43.4 Å². The van der Waals surface area contributed by atoms with E-state index in [1.807, 2.05) is 0 Å². The van der Waals surface area contributed by atoms with Gasteiger partial charge in [-0.15, -0.1) is 0 Å². The third-order valence-corrected chi connectivity index (χ3v) is 3.19. The molecule has 2 rings (SSSR count). The number of carbonyl (C=O) groups is 1.